The molecule has 3 N–H and O–H groups in total. The molecule has 6 nitrogen and oxygen atoms in total. The van der Waals surface area contributed by atoms with Crippen molar-refractivity contribution in [1.82, 2.24) is 9.88 Å². The number of hydrogen-bond donors (Lipinski definition) is 2. The summed E-state index contributed by atoms with van der Waals surface area (Å²) < 4.78 is 23.0. The molecule has 0 fully saturated rings. The Hall–Kier alpha value is -2.64. The Bertz CT molecular complexity index is 1210. The van der Waals surface area contributed by atoms with E-state index in [0.29, 0.717) is 11.5 Å². The smallest absolute Gasteiger partial charge is 0.256 e. The Morgan fingerprint density at radius 1 is 1.20 bits per heavy atom. The first-order chi connectivity index (χ1) is 14.2. The van der Waals surface area contributed by atoms with Crippen LogP contribution in [0.5, 0.6) is 0 Å². The fraction of sp³-hybridized carbons (Fsp3) is 0.348. The molecule has 2 unspecified atom stereocenters. The summed E-state index contributed by atoms with van der Waals surface area (Å²) >= 11 is 0. The third-order valence-corrected chi connectivity index (χ3v) is 7.22. The second-order valence-corrected chi connectivity index (χ2v) is 9.93. The number of fused-ring (bicyclic) bond motifs is 3. The van der Waals surface area contributed by atoms with E-state index in [1.165, 1.54) is 23.4 Å². The predicted molar refractivity (Wildman–Crippen MR) is 118 cm³/mol. The zero-order valence-corrected chi connectivity index (χ0v) is 18.3. The number of aryl methyl sites for hydroxylation is 1. The van der Waals surface area contributed by atoms with Crippen molar-refractivity contribution >= 4 is 26.8 Å². The maximum Gasteiger partial charge on any atom is 0.256 e. The van der Waals surface area contributed by atoms with Crippen LogP contribution in [0.1, 0.15) is 53.5 Å². The van der Waals surface area contributed by atoms with Gasteiger partial charge in [-0.3, -0.25) is 4.79 Å². The van der Waals surface area contributed by atoms with Gasteiger partial charge in [0, 0.05) is 18.1 Å². The number of hydrogen-bond acceptors (Lipinski definition) is 3. The molecule has 4 rings (SSSR count). The van der Waals surface area contributed by atoms with E-state index in [-0.39, 0.29) is 16.8 Å². The van der Waals surface area contributed by atoms with E-state index in [1.807, 2.05) is 19.1 Å². The summed E-state index contributed by atoms with van der Waals surface area (Å²) in [5.41, 5.74) is 4.99. The first-order valence-electron chi connectivity index (χ1n) is 10.2. The highest BCUT2D eigenvalue weighted by molar-refractivity contribution is 7.89. The first kappa shape index (κ1) is 20.6. The zero-order chi connectivity index (χ0) is 21.6. The Morgan fingerprint density at radius 3 is 2.57 bits per heavy atom. The topological polar surface area (TPSA) is 96.3 Å². The number of nitrogens with two attached hydrogens (primary N) is 1. The standard InChI is InChI=1S/C23H27N3O3S/c1-14-7-12-21-20(13-14)18-5-4-6-19(22(18)25-21)23(27)26(3)15(2)16-8-10-17(11-9-16)30(24,28)29/h4-6,8-11,14-15,25H,7,12-13H2,1-3H3,(H2,24,28,29). The second kappa shape index (κ2) is 7.56. The molecule has 2 atom stereocenters. The normalized spacial score (nSPS) is 17.5. The van der Waals surface area contributed by atoms with Crippen LogP contribution in [0, 0.1) is 5.92 Å². The molecule has 2 aromatic carbocycles. The monoisotopic (exact) mass is 425 g/mol. The summed E-state index contributed by atoms with van der Waals surface area (Å²) in [4.78, 5) is 18.6. The van der Waals surface area contributed by atoms with Gasteiger partial charge in [0.25, 0.3) is 5.91 Å². The van der Waals surface area contributed by atoms with E-state index in [9.17, 15) is 13.2 Å². The van der Waals surface area contributed by atoms with Gasteiger partial charge in [-0.1, -0.05) is 31.2 Å². The summed E-state index contributed by atoms with van der Waals surface area (Å²) in [7, 11) is -1.97. The average Bonchev–Trinajstić information content (AvgIpc) is 3.09. The van der Waals surface area contributed by atoms with Gasteiger partial charge in [0.2, 0.25) is 10.0 Å². The number of nitrogens with one attached hydrogen (secondary N) is 1. The highest BCUT2D eigenvalue weighted by Gasteiger charge is 2.25. The lowest BCUT2D eigenvalue weighted by atomic mass is 9.87. The Kier molecular flexibility index (Phi) is 5.20. The van der Waals surface area contributed by atoms with Crippen LogP contribution in [-0.4, -0.2) is 31.3 Å². The van der Waals surface area contributed by atoms with Crippen LogP contribution >= 0.6 is 0 Å². The van der Waals surface area contributed by atoms with Crippen molar-refractivity contribution in [1.29, 1.82) is 0 Å². The fourth-order valence-electron chi connectivity index (χ4n) is 4.32. The van der Waals surface area contributed by atoms with Crippen LogP contribution in [0.4, 0.5) is 0 Å². The molecule has 30 heavy (non-hydrogen) atoms. The van der Waals surface area contributed by atoms with E-state index >= 15 is 0 Å². The van der Waals surface area contributed by atoms with Crippen molar-refractivity contribution in [2.45, 2.75) is 44.0 Å². The van der Waals surface area contributed by atoms with Crippen LogP contribution in [-0.2, 0) is 22.9 Å². The van der Waals surface area contributed by atoms with Crippen LogP contribution in [0.15, 0.2) is 47.4 Å². The summed E-state index contributed by atoms with van der Waals surface area (Å²) in [6.07, 6.45) is 3.21. The number of H-pyrrole nitrogens is 1. The molecule has 0 aliphatic heterocycles. The van der Waals surface area contributed by atoms with Gasteiger partial charge in [-0.2, -0.15) is 0 Å². The lowest BCUT2D eigenvalue weighted by molar-refractivity contribution is 0.0744. The van der Waals surface area contributed by atoms with Crippen molar-refractivity contribution in [3.8, 4) is 0 Å². The minimum Gasteiger partial charge on any atom is -0.358 e. The predicted octanol–water partition coefficient (Wildman–Crippen LogP) is 3.77. The molecular weight excluding hydrogens is 398 g/mol. The third kappa shape index (κ3) is 3.63. The number of carbonyl (C=O) groups is 1. The van der Waals surface area contributed by atoms with Gasteiger partial charge in [-0.15, -0.1) is 0 Å². The minimum atomic E-state index is -3.74. The number of rotatable bonds is 4. The van der Waals surface area contributed by atoms with Crippen molar-refractivity contribution < 1.29 is 13.2 Å². The van der Waals surface area contributed by atoms with E-state index in [0.717, 1.165) is 35.7 Å². The maximum atomic E-state index is 13.4. The van der Waals surface area contributed by atoms with E-state index in [1.54, 1.807) is 24.1 Å². The molecule has 0 saturated heterocycles. The lowest BCUT2D eigenvalue weighted by Gasteiger charge is -2.26. The van der Waals surface area contributed by atoms with Crippen LogP contribution in [0.25, 0.3) is 10.9 Å². The summed E-state index contributed by atoms with van der Waals surface area (Å²) in [5.74, 6) is 0.578. The van der Waals surface area contributed by atoms with Crippen LogP contribution in [0.3, 0.4) is 0 Å². The fourth-order valence-corrected chi connectivity index (χ4v) is 4.83. The molecule has 0 bridgehead atoms. The second-order valence-electron chi connectivity index (χ2n) is 8.36. The van der Waals surface area contributed by atoms with Crippen LogP contribution < -0.4 is 5.14 Å². The molecule has 0 radical (unpaired) electrons. The zero-order valence-electron chi connectivity index (χ0n) is 17.5. The summed E-state index contributed by atoms with van der Waals surface area (Å²) in [6, 6.07) is 12.0. The Labute approximate surface area is 177 Å². The minimum absolute atomic E-state index is 0.0587. The number of nitrogens with zero attached hydrogens (tertiary/aromatic N) is 1. The molecule has 1 amide bonds. The van der Waals surface area contributed by atoms with Gasteiger partial charge in [0.1, 0.15) is 0 Å². The molecule has 1 aliphatic carbocycles. The molecule has 3 aromatic rings. The van der Waals surface area contributed by atoms with E-state index in [4.69, 9.17) is 5.14 Å². The Balaban J connectivity index is 1.65. The van der Waals surface area contributed by atoms with E-state index < -0.39 is 10.0 Å². The number of benzene rings is 2. The van der Waals surface area contributed by atoms with Gasteiger partial charge in [0.15, 0.2) is 0 Å². The largest absolute Gasteiger partial charge is 0.358 e. The molecule has 0 spiro atoms. The van der Waals surface area contributed by atoms with Gasteiger partial charge in [0.05, 0.1) is 22.0 Å². The number of para-hydroxylation sites is 1. The average molecular weight is 426 g/mol. The molecule has 1 aliphatic rings. The molecule has 1 heterocycles. The highest BCUT2D eigenvalue weighted by Crippen LogP contribution is 2.34. The van der Waals surface area contributed by atoms with E-state index in [2.05, 4.69) is 18.0 Å². The van der Waals surface area contributed by atoms with Crippen molar-refractivity contribution in [3.05, 3.63) is 64.8 Å². The highest BCUT2D eigenvalue weighted by atomic mass is 32.2. The molecule has 158 valence electrons. The van der Waals surface area contributed by atoms with Crippen molar-refractivity contribution in [2.75, 3.05) is 7.05 Å². The molecule has 0 saturated carbocycles. The van der Waals surface area contributed by atoms with Crippen LogP contribution in [0.2, 0.25) is 0 Å². The third-order valence-electron chi connectivity index (χ3n) is 6.29. The maximum absolute atomic E-state index is 13.4. The van der Waals surface area contributed by atoms with Crippen molar-refractivity contribution in [2.24, 2.45) is 11.1 Å². The number of sulfonamides is 1. The van der Waals surface area contributed by atoms with Gasteiger partial charge in [-0.25, -0.2) is 13.6 Å². The van der Waals surface area contributed by atoms with Gasteiger partial charge < -0.3 is 9.88 Å². The first-order valence-corrected chi connectivity index (χ1v) is 11.7. The number of amides is 1. The van der Waals surface area contributed by atoms with Crippen molar-refractivity contribution in [3.63, 3.8) is 0 Å². The quantitative estimate of drug-likeness (QED) is 0.666. The summed E-state index contributed by atoms with van der Waals surface area (Å²) in [5, 5.41) is 6.31. The SMILES string of the molecule is CC1CCc2[nH]c3c(C(=O)N(C)C(C)c4ccc(S(N)(=O)=O)cc4)cccc3c2C1. The number of aromatic amines is 1. The number of aromatic nitrogens is 1. The van der Waals surface area contributed by atoms with Gasteiger partial charge in [-0.05, 0) is 61.4 Å². The van der Waals surface area contributed by atoms with Gasteiger partial charge >= 0.3 is 0 Å². The summed E-state index contributed by atoms with van der Waals surface area (Å²) in [6.45, 7) is 4.19. The molecule has 7 heteroatoms. The number of primary sulfonamides is 1. The lowest BCUT2D eigenvalue weighted by Crippen LogP contribution is -2.30. The Morgan fingerprint density at radius 2 is 1.90 bits per heavy atom. The molecular formula is C23H27N3O3S. The molecule has 1 aromatic heterocycles. The number of carbonyl (C=O) groups excluding carboxylic acids is 1.